The average Bonchev–Trinajstić information content (AvgIpc) is 2.84. The van der Waals surface area contributed by atoms with Gasteiger partial charge >= 0.3 is 0 Å². The first kappa shape index (κ1) is 24.3. The summed E-state index contributed by atoms with van der Waals surface area (Å²) in [5.74, 6) is 1.42. The number of hydrazone groups is 1. The van der Waals surface area contributed by atoms with Gasteiger partial charge in [0, 0.05) is 19.3 Å². The highest BCUT2D eigenvalue weighted by molar-refractivity contribution is 6.04. The number of amides is 2. The summed E-state index contributed by atoms with van der Waals surface area (Å²) < 4.78 is 10.9. The second kappa shape index (κ2) is 12.0. The van der Waals surface area contributed by atoms with E-state index < -0.39 is 0 Å². The van der Waals surface area contributed by atoms with Crippen LogP contribution in [0.3, 0.4) is 0 Å². The molecule has 0 aromatic heterocycles. The van der Waals surface area contributed by atoms with E-state index in [1.807, 2.05) is 55.5 Å². The molecule has 1 atom stereocenters. The number of nitrogens with one attached hydrogen (secondary N) is 1. The lowest BCUT2D eigenvalue weighted by Crippen LogP contribution is -2.36. The minimum atomic E-state index is -0.141. The predicted octanol–water partition coefficient (Wildman–Crippen LogP) is 4.47. The van der Waals surface area contributed by atoms with Crippen molar-refractivity contribution in [3.05, 3.63) is 59.7 Å². The number of hydrogen-bond acceptors (Lipinski definition) is 5. The first-order valence-corrected chi connectivity index (χ1v) is 11.5. The van der Waals surface area contributed by atoms with Crippen molar-refractivity contribution < 1.29 is 19.1 Å². The van der Waals surface area contributed by atoms with Crippen molar-refractivity contribution in [1.82, 2.24) is 10.3 Å². The monoisotopic (exact) mass is 451 g/mol. The van der Waals surface area contributed by atoms with Crippen LogP contribution in [0.25, 0.3) is 0 Å². The van der Waals surface area contributed by atoms with Gasteiger partial charge in [-0.3, -0.25) is 9.59 Å². The van der Waals surface area contributed by atoms with E-state index in [2.05, 4.69) is 17.3 Å². The summed E-state index contributed by atoms with van der Waals surface area (Å²) in [6, 6.07) is 15.2. The van der Waals surface area contributed by atoms with Gasteiger partial charge in [0.05, 0.1) is 32.0 Å². The van der Waals surface area contributed by atoms with Gasteiger partial charge in [0.25, 0.3) is 0 Å². The van der Waals surface area contributed by atoms with Crippen LogP contribution in [0.5, 0.6) is 11.5 Å². The van der Waals surface area contributed by atoms with Crippen molar-refractivity contribution in [2.75, 3.05) is 20.3 Å². The molecule has 7 nitrogen and oxygen atoms in total. The van der Waals surface area contributed by atoms with Crippen molar-refractivity contribution in [3.63, 3.8) is 0 Å². The number of unbranched alkanes of at least 4 members (excludes halogenated alkanes) is 1. The third-order valence-corrected chi connectivity index (χ3v) is 5.60. The molecule has 2 aromatic rings. The number of nitrogens with zero attached hydrogens (tertiary/aromatic N) is 2. The molecule has 1 heterocycles. The molecular weight excluding hydrogens is 418 g/mol. The van der Waals surface area contributed by atoms with Crippen molar-refractivity contribution in [2.45, 2.75) is 52.0 Å². The van der Waals surface area contributed by atoms with Gasteiger partial charge in [0.1, 0.15) is 11.5 Å². The maximum atomic E-state index is 12.5. The Labute approximate surface area is 195 Å². The van der Waals surface area contributed by atoms with Gasteiger partial charge in [-0.05, 0) is 60.9 Å². The molecule has 0 fully saturated rings. The minimum Gasteiger partial charge on any atom is -0.497 e. The van der Waals surface area contributed by atoms with Gasteiger partial charge in [-0.15, -0.1) is 0 Å². The fraction of sp³-hybridized carbons (Fsp3) is 0.423. The number of carbonyl (C=O) groups is 2. The standard InChI is InChI=1S/C26H33N3O4/c1-4-5-18-33-23-12-6-20(7-13-23)19(2)27-25(30)16-17-29-26(31)15-14-24(28-29)21-8-10-22(32-3)11-9-21/h6-13,19H,4-5,14-18H2,1-3H3,(H,27,30)/t19-/m1/s1. The van der Waals surface area contributed by atoms with E-state index in [1.54, 1.807) is 7.11 Å². The maximum absolute atomic E-state index is 12.5. The fourth-order valence-electron chi connectivity index (χ4n) is 3.56. The largest absolute Gasteiger partial charge is 0.497 e. The Morgan fingerprint density at radius 2 is 1.79 bits per heavy atom. The molecule has 0 saturated heterocycles. The van der Waals surface area contributed by atoms with Gasteiger partial charge < -0.3 is 14.8 Å². The molecule has 1 N–H and O–H groups in total. The van der Waals surface area contributed by atoms with Crippen molar-refractivity contribution >= 4 is 17.5 Å². The van der Waals surface area contributed by atoms with E-state index >= 15 is 0 Å². The van der Waals surface area contributed by atoms with Gasteiger partial charge in [-0.2, -0.15) is 5.10 Å². The van der Waals surface area contributed by atoms with E-state index in [-0.39, 0.29) is 30.8 Å². The molecular formula is C26H33N3O4. The second-order valence-corrected chi connectivity index (χ2v) is 8.10. The summed E-state index contributed by atoms with van der Waals surface area (Å²) >= 11 is 0. The van der Waals surface area contributed by atoms with Crippen molar-refractivity contribution in [1.29, 1.82) is 0 Å². The van der Waals surface area contributed by atoms with Crippen LogP contribution in [0.15, 0.2) is 53.6 Å². The first-order valence-electron chi connectivity index (χ1n) is 11.5. The van der Waals surface area contributed by atoms with Gasteiger partial charge in [-0.25, -0.2) is 5.01 Å². The summed E-state index contributed by atoms with van der Waals surface area (Å²) in [6.45, 7) is 5.03. The molecule has 0 aliphatic carbocycles. The molecule has 0 spiro atoms. The predicted molar refractivity (Wildman–Crippen MR) is 128 cm³/mol. The molecule has 3 rings (SSSR count). The van der Waals surface area contributed by atoms with Crippen LogP contribution in [-0.4, -0.2) is 42.8 Å². The van der Waals surface area contributed by atoms with Crippen LogP contribution in [0.2, 0.25) is 0 Å². The lowest BCUT2D eigenvalue weighted by atomic mass is 10.0. The SMILES string of the molecule is CCCCOc1ccc([C@@H](C)NC(=O)CCN2N=C(c3ccc(OC)cc3)CCC2=O)cc1. The molecule has 33 heavy (non-hydrogen) atoms. The highest BCUT2D eigenvalue weighted by Crippen LogP contribution is 2.20. The van der Waals surface area contributed by atoms with E-state index in [9.17, 15) is 9.59 Å². The number of carbonyl (C=O) groups excluding carboxylic acids is 2. The van der Waals surface area contributed by atoms with E-state index in [0.29, 0.717) is 19.4 Å². The minimum absolute atomic E-state index is 0.0632. The van der Waals surface area contributed by atoms with Crippen LogP contribution >= 0.6 is 0 Å². The maximum Gasteiger partial charge on any atom is 0.243 e. The molecule has 0 radical (unpaired) electrons. The summed E-state index contributed by atoms with van der Waals surface area (Å²) in [4.78, 5) is 24.8. The fourth-order valence-corrected chi connectivity index (χ4v) is 3.56. The summed E-state index contributed by atoms with van der Waals surface area (Å²) in [5.41, 5.74) is 2.79. The first-order chi connectivity index (χ1) is 16.0. The molecule has 7 heteroatoms. The number of ether oxygens (including phenoxy) is 2. The topological polar surface area (TPSA) is 80.2 Å². The summed E-state index contributed by atoms with van der Waals surface area (Å²) in [7, 11) is 1.62. The zero-order chi connectivity index (χ0) is 23.6. The summed E-state index contributed by atoms with van der Waals surface area (Å²) in [6.07, 6.45) is 3.28. The number of methoxy groups -OCH3 is 1. The molecule has 2 amide bonds. The lowest BCUT2D eigenvalue weighted by Gasteiger charge is -2.24. The Morgan fingerprint density at radius 1 is 1.09 bits per heavy atom. The lowest BCUT2D eigenvalue weighted by molar-refractivity contribution is -0.132. The van der Waals surface area contributed by atoms with Gasteiger partial charge in [0.2, 0.25) is 11.8 Å². The Morgan fingerprint density at radius 3 is 2.45 bits per heavy atom. The highest BCUT2D eigenvalue weighted by atomic mass is 16.5. The quantitative estimate of drug-likeness (QED) is 0.511. The Bertz CT molecular complexity index is 955. The number of hydrogen-bond donors (Lipinski definition) is 1. The van der Waals surface area contributed by atoms with Crippen molar-refractivity contribution in [3.8, 4) is 11.5 Å². The third kappa shape index (κ3) is 7.07. The van der Waals surface area contributed by atoms with Crippen LogP contribution in [0.4, 0.5) is 0 Å². The van der Waals surface area contributed by atoms with Crippen molar-refractivity contribution in [2.24, 2.45) is 5.10 Å². The van der Waals surface area contributed by atoms with Crippen LogP contribution in [0, 0.1) is 0 Å². The molecule has 1 aliphatic rings. The Balaban J connectivity index is 1.51. The zero-order valence-electron chi connectivity index (χ0n) is 19.7. The molecule has 2 aromatic carbocycles. The molecule has 1 aliphatic heterocycles. The molecule has 176 valence electrons. The average molecular weight is 452 g/mol. The summed E-state index contributed by atoms with van der Waals surface area (Å²) in [5, 5.41) is 8.91. The number of rotatable bonds is 11. The van der Waals surface area contributed by atoms with E-state index in [0.717, 1.165) is 41.2 Å². The number of benzene rings is 2. The zero-order valence-corrected chi connectivity index (χ0v) is 19.7. The second-order valence-electron chi connectivity index (χ2n) is 8.10. The van der Waals surface area contributed by atoms with E-state index in [1.165, 1.54) is 5.01 Å². The normalized spacial score (nSPS) is 14.5. The molecule has 0 saturated carbocycles. The van der Waals surface area contributed by atoms with Crippen LogP contribution in [-0.2, 0) is 9.59 Å². The van der Waals surface area contributed by atoms with Gasteiger partial charge in [0.15, 0.2) is 0 Å². The molecule has 0 bridgehead atoms. The van der Waals surface area contributed by atoms with Crippen LogP contribution in [0.1, 0.15) is 63.1 Å². The Hall–Kier alpha value is -3.35. The molecule has 0 unspecified atom stereocenters. The third-order valence-electron chi connectivity index (χ3n) is 5.60. The highest BCUT2D eigenvalue weighted by Gasteiger charge is 2.22. The van der Waals surface area contributed by atoms with Gasteiger partial charge in [-0.1, -0.05) is 25.5 Å². The van der Waals surface area contributed by atoms with Crippen LogP contribution < -0.4 is 14.8 Å². The Kier molecular flexibility index (Phi) is 8.87. The smallest absolute Gasteiger partial charge is 0.243 e. The van der Waals surface area contributed by atoms with E-state index in [4.69, 9.17) is 9.47 Å².